The molecule has 1 N–H and O–H groups in total. The van der Waals surface area contributed by atoms with Crippen LogP contribution in [0.15, 0.2) is 0 Å². The summed E-state index contributed by atoms with van der Waals surface area (Å²) >= 11 is 1.48. The Morgan fingerprint density at radius 3 is 2.58 bits per heavy atom. The van der Waals surface area contributed by atoms with E-state index in [1.54, 1.807) is 4.90 Å². The largest absolute Gasteiger partial charge is 0.391 e. The van der Waals surface area contributed by atoms with Gasteiger partial charge in [0.2, 0.25) is 0 Å². The zero-order valence-corrected chi connectivity index (χ0v) is 13.0. The summed E-state index contributed by atoms with van der Waals surface area (Å²) in [6.45, 7) is 10.5. The number of aromatic nitrogens is 1. The number of carbonyl (C=O) groups excluding carboxylic acids is 1. The van der Waals surface area contributed by atoms with Gasteiger partial charge in [-0.1, -0.05) is 13.8 Å². The van der Waals surface area contributed by atoms with E-state index in [0.29, 0.717) is 23.8 Å². The highest BCUT2D eigenvalue weighted by Gasteiger charge is 2.43. The van der Waals surface area contributed by atoms with Gasteiger partial charge in [0, 0.05) is 12.5 Å². The first-order chi connectivity index (χ1) is 8.75. The van der Waals surface area contributed by atoms with E-state index in [2.05, 4.69) is 18.8 Å². The normalized spacial score (nSPS) is 22.3. The van der Waals surface area contributed by atoms with Crippen molar-refractivity contribution in [3.05, 3.63) is 15.6 Å². The number of hydrogen-bond acceptors (Lipinski definition) is 4. The van der Waals surface area contributed by atoms with Crippen molar-refractivity contribution in [1.82, 2.24) is 9.88 Å². The van der Waals surface area contributed by atoms with Gasteiger partial charge in [-0.25, -0.2) is 4.98 Å². The molecule has 1 aromatic rings. The molecular weight excluding hydrogens is 260 g/mol. The van der Waals surface area contributed by atoms with Crippen molar-refractivity contribution in [2.45, 2.75) is 58.6 Å². The van der Waals surface area contributed by atoms with Gasteiger partial charge in [0.25, 0.3) is 5.91 Å². The molecule has 0 spiro atoms. The van der Waals surface area contributed by atoms with Gasteiger partial charge < -0.3 is 10.0 Å². The van der Waals surface area contributed by atoms with E-state index in [4.69, 9.17) is 0 Å². The lowest BCUT2D eigenvalue weighted by molar-refractivity contribution is 0.0397. The molecule has 1 aromatic heterocycles. The van der Waals surface area contributed by atoms with Crippen LogP contribution >= 0.6 is 11.3 Å². The maximum Gasteiger partial charge on any atom is 0.266 e. The second kappa shape index (κ2) is 4.87. The molecule has 0 aliphatic carbocycles. The van der Waals surface area contributed by atoms with E-state index >= 15 is 0 Å². The number of carbonyl (C=O) groups is 1. The molecule has 1 aliphatic heterocycles. The lowest BCUT2D eigenvalue weighted by Gasteiger charge is -2.33. The minimum Gasteiger partial charge on any atom is -0.391 e. The van der Waals surface area contributed by atoms with Crippen LogP contribution in [-0.4, -0.2) is 39.1 Å². The highest BCUT2D eigenvalue weighted by Crippen LogP contribution is 2.33. The van der Waals surface area contributed by atoms with Crippen molar-refractivity contribution in [1.29, 1.82) is 0 Å². The van der Waals surface area contributed by atoms with Crippen LogP contribution in [0, 0.1) is 6.92 Å². The van der Waals surface area contributed by atoms with Crippen molar-refractivity contribution in [3.63, 3.8) is 0 Å². The van der Waals surface area contributed by atoms with E-state index in [0.717, 1.165) is 10.7 Å². The number of aryl methyl sites for hydroxylation is 1. The zero-order chi connectivity index (χ0) is 14.4. The third kappa shape index (κ3) is 2.41. The van der Waals surface area contributed by atoms with Crippen LogP contribution in [0.5, 0.6) is 0 Å². The number of aliphatic hydroxyl groups excluding tert-OH is 1. The Hall–Kier alpha value is -0.940. The second-order valence-electron chi connectivity index (χ2n) is 6.04. The quantitative estimate of drug-likeness (QED) is 0.907. The molecule has 1 atom stereocenters. The third-order valence-corrected chi connectivity index (χ3v) is 5.33. The van der Waals surface area contributed by atoms with Gasteiger partial charge in [-0.05, 0) is 27.2 Å². The monoisotopic (exact) mass is 282 g/mol. The molecule has 0 bridgehead atoms. The summed E-state index contributed by atoms with van der Waals surface area (Å²) in [5, 5.41) is 11.0. The van der Waals surface area contributed by atoms with Gasteiger partial charge in [-0.3, -0.25) is 4.79 Å². The van der Waals surface area contributed by atoms with Crippen molar-refractivity contribution in [2.75, 3.05) is 6.54 Å². The van der Waals surface area contributed by atoms with Crippen LogP contribution in [0.2, 0.25) is 0 Å². The first kappa shape index (κ1) is 14.5. The number of thiazole rings is 1. The zero-order valence-electron chi connectivity index (χ0n) is 12.2. The fourth-order valence-corrected chi connectivity index (χ4v) is 3.44. The predicted molar refractivity (Wildman–Crippen MR) is 76.7 cm³/mol. The molecule has 2 rings (SSSR count). The molecule has 19 heavy (non-hydrogen) atoms. The van der Waals surface area contributed by atoms with Crippen molar-refractivity contribution in [3.8, 4) is 0 Å². The Labute approximate surface area is 118 Å². The van der Waals surface area contributed by atoms with Crippen molar-refractivity contribution in [2.24, 2.45) is 0 Å². The summed E-state index contributed by atoms with van der Waals surface area (Å²) in [6.07, 6.45) is 0.197. The average Bonchev–Trinajstić information content (AvgIpc) is 2.81. The van der Waals surface area contributed by atoms with Gasteiger partial charge in [0.05, 0.1) is 22.3 Å². The number of hydrogen-bond donors (Lipinski definition) is 1. The van der Waals surface area contributed by atoms with Gasteiger partial charge in [0.1, 0.15) is 4.88 Å². The number of aliphatic hydroxyl groups is 1. The lowest BCUT2D eigenvalue weighted by atomic mass is 9.98. The maximum atomic E-state index is 12.7. The second-order valence-corrected chi connectivity index (χ2v) is 7.07. The summed E-state index contributed by atoms with van der Waals surface area (Å²) in [7, 11) is 0. The average molecular weight is 282 g/mol. The topological polar surface area (TPSA) is 53.4 Å². The Kier molecular flexibility index (Phi) is 3.71. The van der Waals surface area contributed by atoms with Crippen molar-refractivity contribution >= 4 is 17.2 Å². The molecule has 0 aromatic carbocycles. The minimum atomic E-state index is -0.495. The molecule has 4 nitrogen and oxygen atoms in total. The fourth-order valence-electron chi connectivity index (χ4n) is 2.42. The summed E-state index contributed by atoms with van der Waals surface area (Å²) in [5.41, 5.74) is 0.307. The first-order valence-electron chi connectivity index (χ1n) is 6.72. The molecule has 106 valence electrons. The molecule has 1 amide bonds. The highest BCUT2D eigenvalue weighted by atomic mass is 32.1. The summed E-state index contributed by atoms with van der Waals surface area (Å²) in [6, 6.07) is 0. The van der Waals surface area contributed by atoms with E-state index in [1.807, 2.05) is 20.8 Å². The molecule has 1 fully saturated rings. The Balaban J connectivity index is 2.30. The summed E-state index contributed by atoms with van der Waals surface area (Å²) in [5.74, 6) is 0.339. The van der Waals surface area contributed by atoms with Gasteiger partial charge >= 0.3 is 0 Å². The Morgan fingerprint density at radius 2 is 2.16 bits per heavy atom. The van der Waals surface area contributed by atoms with E-state index in [-0.39, 0.29) is 5.91 Å². The van der Waals surface area contributed by atoms with Crippen molar-refractivity contribution < 1.29 is 9.90 Å². The molecule has 0 radical (unpaired) electrons. The van der Waals surface area contributed by atoms with Gasteiger partial charge in [0.15, 0.2) is 0 Å². The Morgan fingerprint density at radius 1 is 1.53 bits per heavy atom. The van der Waals surface area contributed by atoms with Crippen LogP contribution in [-0.2, 0) is 0 Å². The molecule has 2 heterocycles. The van der Waals surface area contributed by atoms with Crippen LogP contribution in [0.4, 0.5) is 0 Å². The highest BCUT2D eigenvalue weighted by molar-refractivity contribution is 7.13. The number of amides is 1. The summed E-state index contributed by atoms with van der Waals surface area (Å²) in [4.78, 5) is 19.6. The Bertz CT molecular complexity index is 494. The summed E-state index contributed by atoms with van der Waals surface area (Å²) < 4.78 is 0. The van der Waals surface area contributed by atoms with Crippen LogP contribution < -0.4 is 0 Å². The van der Waals surface area contributed by atoms with E-state index in [9.17, 15) is 9.90 Å². The van der Waals surface area contributed by atoms with Gasteiger partial charge in [-0.15, -0.1) is 11.3 Å². The van der Waals surface area contributed by atoms with Gasteiger partial charge in [-0.2, -0.15) is 0 Å². The lowest BCUT2D eigenvalue weighted by Crippen LogP contribution is -2.48. The fraction of sp³-hybridized carbons (Fsp3) is 0.714. The molecule has 1 aliphatic rings. The smallest absolute Gasteiger partial charge is 0.266 e. The minimum absolute atomic E-state index is 0.00319. The SMILES string of the molecule is Cc1nc(C(C)C)sc1C(=O)N1CCC(O)C1(C)C. The number of rotatable bonds is 2. The third-order valence-electron chi connectivity index (χ3n) is 3.88. The van der Waals surface area contributed by atoms with Crippen LogP contribution in [0.25, 0.3) is 0 Å². The predicted octanol–water partition coefficient (Wildman–Crippen LogP) is 2.56. The standard InChI is InChI=1S/C14H22N2O2S/c1-8(2)12-15-9(3)11(19-12)13(18)16-7-6-10(17)14(16,4)5/h8,10,17H,6-7H2,1-5H3. The first-order valence-corrected chi connectivity index (χ1v) is 7.54. The molecule has 0 saturated carbocycles. The number of nitrogens with zero attached hydrogens (tertiary/aromatic N) is 2. The molecule has 1 saturated heterocycles. The van der Waals surface area contributed by atoms with Crippen LogP contribution in [0.3, 0.4) is 0 Å². The molecular formula is C14H22N2O2S. The number of likely N-dealkylation sites (tertiary alicyclic amines) is 1. The maximum absolute atomic E-state index is 12.7. The molecule has 1 unspecified atom stereocenters. The van der Waals surface area contributed by atoms with E-state index in [1.165, 1.54) is 11.3 Å². The van der Waals surface area contributed by atoms with Crippen LogP contribution in [0.1, 0.15) is 60.4 Å². The molecule has 5 heteroatoms. The van der Waals surface area contributed by atoms with E-state index < -0.39 is 11.6 Å².